The van der Waals surface area contributed by atoms with Crippen molar-refractivity contribution in [1.29, 1.82) is 0 Å². The maximum Gasteiger partial charge on any atom is 0.299 e. The standard InChI is InChI=1S/C8H20N2O3S/c1-7(2)6-9-14(11,12)10-13-8(3,4)5/h7,9-10H,6H2,1-5H3. The van der Waals surface area contributed by atoms with Gasteiger partial charge >= 0.3 is 0 Å². The third-order valence-corrected chi connectivity index (χ3v) is 1.99. The summed E-state index contributed by atoms with van der Waals surface area (Å²) in [6, 6.07) is 0. The van der Waals surface area contributed by atoms with Crippen LogP contribution in [0.4, 0.5) is 0 Å². The van der Waals surface area contributed by atoms with E-state index in [0.717, 1.165) is 0 Å². The lowest BCUT2D eigenvalue weighted by Crippen LogP contribution is -2.42. The molecule has 0 unspecified atom stereocenters. The first-order valence-electron chi connectivity index (χ1n) is 4.57. The van der Waals surface area contributed by atoms with E-state index in [0.29, 0.717) is 6.54 Å². The fourth-order valence-electron chi connectivity index (χ4n) is 0.486. The second kappa shape index (κ2) is 5.06. The molecule has 0 heterocycles. The Morgan fingerprint density at radius 1 is 1.29 bits per heavy atom. The van der Waals surface area contributed by atoms with Gasteiger partial charge in [-0.05, 0) is 26.7 Å². The summed E-state index contributed by atoms with van der Waals surface area (Å²) in [5.74, 6) is 0.265. The van der Waals surface area contributed by atoms with Crippen molar-refractivity contribution in [2.24, 2.45) is 5.92 Å². The van der Waals surface area contributed by atoms with E-state index in [9.17, 15) is 8.42 Å². The average molecular weight is 224 g/mol. The van der Waals surface area contributed by atoms with Crippen molar-refractivity contribution in [3.8, 4) is 0 Å². The van der Waals surface area contributed by atoms with E-state index < -0.39 is 15.8 Å². The summed E-state index contributed by atoms with van der Waals surface area (Å²) in [5.41, 5.74) is -0.535. The Morgan fingerprint density at radius 3 is 2.14 bits per heavy atom. The van der Waals surface area contributed by atoms with Gasteiger partial charge < -0.3 is 0 Å². The highest BCUT2D eigenvalue weighted by atomic mass is 32.2. The Morgan fingerprint density at radius 2 is 1.79 bits per heavy atom. The lowest BCUT2D eigenvalue weighted by molar-refractivity contribution is -0.0363. The van der Waals surface area contributed by atoms with E-state index >= 15 is 0 Å². The molecule has 0 amide bonds. The number of hydrogen-bond acceptors (Lipinski definition) is 3. The normalized spacial score (nSPS) is 13.6. The molecule has 0 aliphatic carbocycles. The summed E-state index contributed by atoms with van der Waals surface area (Å²) in [7, 11) is -3.53. The molecule has 0 aromatic heterocycles. The highest BCUT2D eigenvalue weighted by Gasteiger charge is 2.16. The fourth-order valence-corrected chi connectivity index (χ4v) is 1.46. The van der Waals surface area contributed by atoms with Crippen LogP contribution in [0.3, 0.4) is 0 Å². The van der Waals surface area contributed by atoms with Gasteiger partial charge in [0.2, 0.25) is 0 Å². The molecular formula is C8H20N2O3S. The van der Waals surface area contributed by atoms with Crippen LogP contribution in [0.2, 0.25) is 0 Å². The minimum Gasteiger partial charge on any atom is -0.280 e. The van der Waals surface area contributed by atoms with Crippen molar-refractivity contribution in [3.63, 3.8) is 0 Å². The van der Waals surface area contributed by atoms with Crippen molar-refractivity contribution in [2.75, 3.05) is 6.54 Å². The van der Waals surface area contributed by atoms with Crippen molar-refractivity contribution >= 4 is 10.2 Å². The molecule has 0 saturated carbocycles. The highest BCUT2D eigenvalue weighted by molar-refractivity contribution is 7.87. The van der Waals surface area contributed by atoms with Crippen LogP contribution in [0.15, 0.2) is 0 Å². The summed E-state index contributed by atoms with van der Waals surface area (Å²) in [6.07, 6.45) is 0. The first-order chi connectivity index (χ1) is 6.12. The maximum absolute atomic E-state index is 11.2. The van der Waals surface area contributed by atoms with Gasteiger partial charge in [-0.3, -0.25) is 4.84 Å². The largest absolute Gasteiger partial charge is 0.299 e. The molecule has 5 nitrogen and oxygen atoms in total. The van der Waals surface area contributed by atoms with E-state index in [2.05, 4.69) is 4.72 Å². The zero-order valence-corrected chi connectivity index (χ0v) is 10.2. The molecule has 0 atom stereocenters. The van der Waals surface area contributed by atoms with Gasteiger partial charge in [0.15, 0.2) is 0 Å². The van der Waals surface area contributed by atoms with Gasteiger partial charge in [0.05, 0.1) is 5.60 Å². The van der Waals surface area contributed by atoms with Crippen LogP contribution in [0, 0.1) is 5.92 Å². The van der Waals surface area contributed by atoms with Crippen LogP contribution in [-0.4, -0.2) is 20.6 Å². The van der Waals surface area contributed by atoms with Gasteiger partial charge in [0.25, 0.3) is 10.2 Å². The van der Waals surface area contributed by atoms with E-state index in [1.54, 1.807) is 20.8 Å². The van der Waals surface area contributed by atoms with Gasteiger partial charge in [-0.1, -0.05) is 18.7 Å². The van der Waals surface area contributed by atoms with Crippen LogP contribution >= 0.6 is 0 Å². The lowest BCUT2D eigenvalue weighted by atomic mass is 10.2. The predicted molar refractivity (Wildman–Crippen MR) is 55.7 cm³/mol. The van der Waals surface area contributed by atoms with E-state index in [1.807, 2.05) is 18.7 Å². The van der Waals surface area contributed by atoms with Crippen molar-refractivity contribution in [2.45, 2.75) is 40.2 Å². The summed E-state index contributed by atoms with van der Waals surface area (Å²) < 4.78 is 24.8. The van der Waals surface area contributed by atoms with Crippen molar-refractivity contribution < 1.29 is 13.3 Å². The second-order valence-electron chi connectivity index (χ2n) is 4.54. The summed E-state index contributed by atoms with van der Waals surface area (Å²) in [6.45, 7) is 9.52. The number of rotatable bonds is 5. The molecule has 0 aliphatic heterocycles. The van der Waals surface area contributed by atoms with E-state index in [4.69, 9.17) is 4.84 Å². The van der Waals surface area contributed by atoms with Gasteiger partial charge in [-0.2, -0.15) is 8.42 Å². The number of nitrogens with one attached hydrogen (secondary N) is 2. The molecule has 14 heavy (non-hydrogen) atoms. The topological polar surface area (TPSA) is 67.4 Å². The average Bonchev–Trinajstić information content (AvgIpc) is 1.97. The molecule has 2 N–H and O–H groups in total. The Bertz CT molecular complexity index is 254. The second-order valence-corrected chi connectivity index (χ2v) is 6.01. The molecule has 0 radical (unpaired) electrons. The molecule has 86 valence electrons. The quantitative estimate of drug-likeness (QED) is 0.679. The Kier molecular flexibility index (Phi) is 5.00. The van der Waals surface area contributed by atoms with Gasteiger partial charge in [-0.15, -0.1) is 0 Å². The minimum atomic E-state index is -3.53. The first kappa shape index (κ1) is 13.8. The maximum atomic E-state index is 11.2. The van der Waals surface area contributed by atoms with Crippen molar-refractivity contribution in [1.82, 2.24) is 9.61 Å². The van der Waals surface area contributed by atoms with Crippen LogP contribution in [0.1, 0.15) is 34.6 Å². The van der Waals surface area contributed by atoms with Crippen LogP contribution in [-0.2, 0) is 15.0 Å². The zero-order chi connectivity index (χ0) is 11.4. The Hall–Kier alpha value is -0.170. The molecule has 6 heteroatoms. The smallest absolute Gasteiger partial charge is 0.280 e. The van der Waals surface area contributed by atoms with E-state index in [1.165, 1.54) is 0 Å². The summed E-state index contributed by atoms with van der Waals surface area (Å²) >= 11 is 0. The minimum absolute atomic E-state index is 0.265. The van der Waals surface area contributed by atoms with Crippen LogP contribution in [0.25, 0.3) is 0 Å². The SMILES string of the molecule is CC(C)CNS(=O)(=O)NOC(C)(C)C. The third kappa shape index (κ3) is 8.43. The predicted octanol–water partition coefficient (Wildman–Crippen LogP) is 0.796. The molecule has 0 bridgehead atoms. The lowest BCUT2D eigenvalue weighted by Gasteiger charge is -2.19. The third-order valence-electron chi connectivity index (χ3n) is 1.14. The van der Waals surface area contributed by atoms with Gasteiger partial charge in [0.1, 0.15) is 0 Å². The summed E-state index contributed by atoms with van der Waals surface area (Å²) in [4.78, 5) is 6.94. The van der Waals surface area contributed by atoms with Gasteiger partial charge in [-0.25, -0.2) is 4.72 Å². The molecule has 0 aromatic rings. The Labute approximate surface area is 86.4 Å². The molecule has 0 aromatic carbocycles. The van der Waals surface area contributed by atoms with Crippen LogP contribution in [0.5, 0.6) is 0 Å². The zero-order valence-electron chi connectivity index (χ0n) is 9.42. The van der Waals surface area contributed by atoms with Crippen molar-refractivity contribution in [3.05, 3.63) is 0 Å². The number of hydrogen-bond donors (Lipinski definition) is 2. The molecular weight excluding hydrogens is 204 g/mol. The molecule has 0 spiro atoms. The Balaban J connectivity index is 3.97. The highest BCUT2D eigenvalue weighted by Crippen LogP contribution is 2.04. The van der Waals surface area contributed by atoms with E-state index in [-0.39, 0.29) is 5.92 Å². The van der Waals surface area contributed by atoms with Crippen LogP contribution < -0.4 is 9.61 Å². The summed E-state index contributed by atoms with van der Waals surface area (Å²) in [5, 5.41) is 0. The molecule has 0 rings (SSSR count). The molecule has 0 aliphatic rings. The fraction of sp³-hybridized carbons (Fsp3) is 1.00. The monoisotopic (exact) mass is 224 g/mol. The molecule has 0 fully saturated rings. The molecule has 0 saturated heterocycles. The van der Waals surface area contributed by atoms with Gasteiger partial charge in [0, 0.05) is 6.54 Å². The first-order valence-corrected chi connectivity index (χ1v) is 6.05.